The Morgan fingerprint density at radius 2 is 1.06 bits per heavy atom. The quantitative estimate of drug-likeness (QED) is 0.504. The summed E-state index contributed by atoms with van der Waals surface area (Å²) in [5.41, 5.74) is 8.00. The lowest BCUT2D eigenvalue weighted by atomic mass is 9.97. The van der Waals surface area contributed by atoms with Crippen LogP contribution in [0, 0.1) is 0 Å². The molecule has 2 aliphatic carbocycles. The highest BCUT2D eigenvalue weighted by molar-refractivity contribution is 7.60. The standard InChI is InChI=1S/C12H11ClO7P2.2C6H13N/c13-10-6-8-12(9-7-10)19-22(16,17)20-21(14,15)18-11-4-2-1-3-5-11;2*7-6-4-2-1-3-5-6/h1-9H,(H,14,15)(H,16,17);2*6H,1-5,7H2. The lowest BCUT2D eigenvalue weighted by Crippen LogP contribution is -2.61. The van der Waals surface area contributed by atoms with E-state index in [1.165, 1.54) is 113 Å². The summed E-state index contributed by atoms with van der Waals surface area (Å²) in [7, 11) is -10.3. The van der Waals surface area contributed by atoms with Crippen LogP contribution in [0.2, 0.25) is 5.02 Å². The molecule has 4 rings (SSSR count). The highest BCUT2D eigenvalue weighted by Crippen LogP contribution is 2.55. The molecule has 6 N–H and O–H groups in total. The van der Waals surface area contributed by atoms with E-state index in [-0.39, 0.29) is 11.5 Å². The van der Waals surface area contributed by atoms with Gasteiger partial charge in [0.15, 0.2) is 0 Å². The van der Waals surface area contributed by atoms with Gasteiger partial charge in [0.1, 0.15) is 11.5 Å². The van der Waals surface area contributed by atoms with Crippen molar-refractivity contribution in [3.05, 3.63) is 59.6 Å². The third kappa shape index (κ3) is 13.8. The van der Waals surface area contributed by atoms with Crippen molar-refractivity contribution in [1.29, 1.82) is 0 Å². The first-order chi connectivity index (χ1) is 17.0. The van der Waals surface area contributed by atoms with Gasteiger partial charge >= 0.3 is 15.6 Å². The summed E-state index contributed by atoms with van der Waals surface area (Å²) >= 11 is 5.63. The minimum Gasteiger partial charge on any atom is -0.746 e. The molecular formula is C24H37ClN2O7P2. The van der Waals surface area contributed by atoms with Crippen LogP contribution in [0.3, 0.4) is 0 Å². The predicted molar refractivity (Wildman–Crippen MR) is 135 cm³/mol. The third-order valence-corrected chi connectivity index (χ3v) is 8.36. The van der Waals surface area contributed by atoms with E-state index in [0.717, 1.165) is 12.1 Å². The number of phosphoric ester groups is 2. The van der Waals surface area contributed by atoms with Gasteiger partial charge in [0, 0.05) is 5.02 Å². The Bertz CT molecular complexity index is 954. The Labute approximate surface area is 218 Å². The van der Waals surface area contributed by atoms with Crippen LogP contribution in [-0.2, 0) is 13.4 Å². The Morgan fingerprint density at radius 1 is 0.667 bits per heavy atom. The largest absolute Gasteiger partial charge is 0.746 e. The van der Waals surface area contributed by atoms with Crippen molar-refractivity contribution in [1.82, 2.24) is 0 Å². The lowest BCUT2D eigenvalue weighted by molar-refractivity contribution is -0.425. The van der Waals surface area contributed by atoms with E-state index in [2.05, 4.69) is 24.8 Å². The second kappa shape index (κ2) is 15.8. The monoisotopic (exact) mass is 562 g/mol. The zero-order chi connectivity index (χ0) is 26.4. The summed E-state index contributed by atoms with van der Waals surface area (Å²) in [6.45, 7) is 0. The van der Waals surface area contributed by atoms with Gasteiger partial charge in [-0.05, 0) is 87.8 Å². The van der Waals surface area contributed by atoms with E-state index in [1.807, 2.05) is 0 Å². The maximum Gasteiger partial charge on any atom is 0.327 e. The zero-order valence-electron chi connectivity index (χ0n) is 20.5. The molecule has 2 saturated carbocycles. The van der Waals surface area contributed by atoms with Gasteiger partial charge in [-0.3, -0.25) is 9.13 Å². The normalized spacial score (nSPS) is 19.8. The fraction of sp³-hybridized carbons (Fsp3) is 0.500. The second-order valence-corrected chi connectivity index (χ2v) is 12.2. The fourth-order valence-corrected chi connectivity index (χ4v) is 5.90. The molecule has 2 aromatic rings. The summed E-state index contributed by atoms with van der Waals surface area (Å²) in [4.78, 5) is 23.2. The van der Waals surface area contributed by atoms with Gasteiger partial charge in [-0.2, -0.15) is 0 Å². The predicted octanol–water partition coefficient (Wildman–Crippen LogP) is 3.87. The first kappa shape index (κ1) is 30.8. The Kier molecular flexibility index (Phi) is 13.5. The minimum absolute atomic E-state index is 0.0904. The molecule has 0 aromatic heterocycles. The van der Waals surface area contributed by atoms with Gasteiger partial charge in [0.2, 0.25) is 0 Å². The van der Waals surface area contributed by atoms with Gasteiger partial charge in [-0.1, -0.05) is 42.6 Å². The van der Waals surface area contributed by atoms with Gasteiger partial charge in [-0.15, -0.1) is 0 Å². The number of phosphoric acid groups is 2. The summed E-state index contributed by atoms with van der Waals surface area (Å²) < 4.78 is 36.1. The summed E-state index contributed by atoms with van der Waals surface area (Å²) in [5, 5.41) is 0.357. The molecule has 2 aromatic carbocycles. The smallest absolute Gasteiger partial charge is 0.327 e. The van der Waals surface area contributed by atoms with E-state index in [1.54, 1.807) is 6.07 Å². The van der Waals surface area contributed by atoms with E-state index in [0.29, 0.717) is 5.02 Å². The van der Waals surface area contributed by atoms with Crippen molar-refractivity contribution < 1.29 is 43.7 Å². The molecular weight excluding hydrogens is 526 g/mol. The number of rotatable bonds is 6. The van der Waals surface area contributed by atoms with E-state index < -0.39 is 15.6 Å². The molecule has 202 valence electrons. The molecule has 0 bridgehead atoms. The molecule has 0 spiro atoms. The minimum atomic E-state index is -5.18. The van der Waals surface area contributed by atoms with E-state index in [4.69, 9.17) is 11.6 Å². The van der Waals surface area contributed by atoms with Crippen LogP contribution in [0.15, 0.2) is 54.6 Å². The van der Waals surface area contributed by atoms with E-state index in [9.17, 15) is 18.9 Å². The third-order valence-electron chi connectivity index (χ3n) is 5.64. The maximum atomic E-state index is 11.6. The average Bonchev–Trinajstić information content (AvgIpc) is 2.82. The van der Waals surface area contributed by atoms with E-state index >= 15 is 0 Å². The Hall–Kier alpha value is -1.41. The summed E-state index contributed by atoms with van der Waals surface area (Å²) in [6, 6.07) is 14.1. The van der Waals surface area contributed by atoms with Gasteiger partial charge in [-0.25, -0.2) is 4.31 Å². The first-order valence-electron chi connectivity index (χ1n) is 12.2. The van der Waals surface area contributed by atoms with Crippen LogP contribution in [0.4, 0.5) is 0 Å². The van der Waals surface area contributed by atoms with Crippen molar-refractivity contribution in [3.63, 3.8) is 0 Å². The SMILES string of the molecule is O=P([O-])(Oc1ccccc1)OP(=O)([O-])Oc1ccc(Cl)cc1.[NH3+]C1CCCCC1.[NH3+]C1CCCCC1. The lowest BCUT2D eigenvalue weighted by Gasteiger charge is -2.30. The van der Waals surface area contributed by atoms with Crippen LogP contribution in [0.1, 0.15) is 64.2 Å². The number of hydrogen-bond acceptors (Lipinski definition) is 7. The zero-order valence-corrected chi connectivity index (χ0v) is 23.0. The highest BCUT2D eigenvalue weighted by Gasteiger charge is 2.22. The molecule has 2 unspecified atom stereocenters. The number of para-hydroxylation sites is 1. The van der Waals surface area contributed by atoms with Crippen molar-refractivity contribution in [2.24, 2.45) is 0 Å². The topological polar surface area (TPSA) is 163 Å². The first-order valence-corrected chi connectivity index (χ1v) is 15.5. The van der Waals surface area contributed by atoms with Crippen molar-refractivity contribution in [3.8, 4) is 11.5 Å². The molecule has 0 aliphatic heterocycles. The fourth-order valence-electron chi connectivity index (χ4n) is 3.77. The second-order valence-electron chi connectivity index (χ2n) is 8.93. The molecule has 2 aliphatic rings. The average molecular weight is 563 g/mol. The molecule has 9 nitrogen and oxygen atoms in total. The van der Waals surface area contributed by atoms with Crippen molar-refractivity contribution >= 4 is 27.2 Å². The van der Waals surface area contributed by atoms with Crippen LogP contribution < -0.4 is 30.3 Å². The van der Waals surface area contributed by atoms with Crippen molar-refractivity contribution in [2.75, 3.05) is 0 Å². The summed E-state index contributed by atoms with van der Waals surface area (Å²) in [5.74, 6) is -0.241. The molecule has 12 heteroatoms. The Balaban J connectivity index is 0.000000262. The van der Waals surface area contributed by atoms with Gasteiger partial charge in [0.25, 0.3) is 0 Å². The number of quaternary nitrogens is 2. The molecule has 2 fully saturated rings. The van der Waals surface area contributed by atoms with Crippen LogP contribution in [0.25, 0.3) is 0 Å². The number of benzene rings is 2. The van der Waals surface area contributed by atoms with Gasteiger partial charge in [0.05, 0.1) is 12.1 Å². The van der Waals surface area contributed by atoms with Gasteiger partial charge < -0.3 is 30.3 Å². The molecule has 0 amide bonds. The van der Waals surface area contributed by atoms with Crippen molar-refractivity contribution in [2.45, 2.75) is 76.3 Å². The molecule has 0 heterocycles. The summed E-state index contributed by atoms with van der Waals surface area (Å²) in [6.07, 6.45) is 14.1. The Morgan fingerprint density at radius 3 is 1.42 bits per heavy atom. The number of hydrogen-bond donors (Lipinski definition) is 2. The molecule has 2 atom stereocenters. The van der Waals surface area contributed by atoms with Crippen LogP contribution >= 0.6 is 27.2 Å². The number of halogens is 1. The molecule has 0 radical (unpaired) electrons. The maximum absolute atomic E-state index is 11.6. The highest BCUT2D eigenvalue weighted by atomic mass is 35.5. The molecule has 36 heavy (non-hydrogen) atoms. The molecule has 0 saturated heterocycles. The van der Waals surface area contributed by atoms with Crippen LogP contribution in [-0.4, -0.2) is 12.1 Å². The van der Waals surface area contributed by atoms with Crippen LogP contribution in [0.5, 0.6) is 11.5 Å².